The first kappa shape index (κ1) is 21.3. The van der Waals surface area contributed by atoms with Gasteiger partial charge in [0.25, 0.3) is 11.7 Å². The molecule has 1 N–H and O–H groups in total. The van der Waals surface area contributed by atoms with E-state index in [2.05, 4.69) is 4.98 Å². The third-order valence-corrected chi connectivity index (χ3v) is 5.34. The van der Waals surface area contributed by atoms with Crippen molar-refractivity contribution in [2.75, 3.05) is 6.61 Å². The van der Waals surface area contributed by atoms with Gasteiger partial charge in [-0.15, -0.1) is 0 Å². The highest BCUT2D eigenvalue weighted by Gasteiger charge is 2.46. The average Bonchev–Trinajstić information content (AvgIpc) is 3.08. The first-order valence-corrected chi connectivity index (χ1v) is 10.6. The van der Waals surface area contributed by atoms with E-state index in [0.717, 1.165) is 12.0 Å². The number of aromatic nitrogens is 1. The summed E-state index contributed by atoms with van der Waals surface area (Å²) in [5, 5.41) is 11.1. The fraction of sp³-hybridized carbons (Fsp3) is 0.192. The summed E-state index contributed by atoms with van der Waals surface area (Å²) in [5.41, 5.74) is 2.09. The van der Waals surface area contributed by atoms with Gasteiger partial charge >= 0.3 is 0 Å². The maximum Gasteiger partial charge on any atom is 0.295 e. The molecule has 0 radical (unpaired) electrons. The fourth-order valence-electron chi connectivity index (χ4n) is 3.82. The van der Waals surface area contributed by atoms with Crippen LogP contribution in [0.5, 0.6) is 5.75 Å². The van der Waals surface area contributed by atoms with E-state index < -0.39 is 17.7 Å². The molecule has 2 heterocycles. The van der Waals surface area contributed by atoms with E-state index >= 15 is 0 Å². The Labute approximate surface area is 186 Å². The summed E-state index contributed by atoms with van der Waals surface area (Å²) in [6.45, 7) is 2.79. The number of aliphatic hydroxyl groups excluding tert-OH is 1. The zero-order valence-electron chi connectivity index (χ0n) is 17.8. The number of benzene rings is 2. The minimum absolute atomic E-state index is 0.0721. The number of ketones is 1. The van der Waals surface area contributed by atoms with Crippen LogP contribution in [0.25, 0.3) is 5.76 Å². The van der Waals surface area contributed by atoms with Crippen molar-refractivity contribution < 1.29 is 19.4 Å². The Morgan fingerprint density at radius 2 is 1.78 bits per heavy atom. The van der Waals surface area contributed by atoms with E-state index in [4.69, 9.17) is 4.74 Å². The van der Waals surface area contributed by atoms with Gasteiger partial charge in [0.05, 0.1) is 18.2 Å². The summed E-state index contributed by atoms with van der Waals surface area (Å²) in [4.78, 5) is 31.7. The van der Waals surface area contributed by atoms with Crippen molar-refractivity contribution in [2.45, 2.75) is 25.9 Å². The molecule has 4 rings (SSSR count). The SMILES string of the molecule is CCCOc1cccc(C2C(=C(O)c3ccccc3)C(=O)C(=O)N2Cc2ccncc2)c1. The molecule has 1 aliphatic rings. The van der Waals surface area contributed by atoms with Gasteiger partial charge in [0, 0.05) is 24.5 Å². The van der Waals surface area contributed by atoms with Crippen LogP contribution in [-0.4, -0.2) is 33.3 Å². The Morgan fingerprint density at radius 1 is 1.03 bits per heavy atom. The zero-order valence-corrected chi connectivity index (χ0v) is 17.8. The van der Waals surface area contributed by atoms with Crippen molar-refractivity contribution in [3.05, 3.63) is 101 Å². The number of hydrogen-bond donors (Lipinski definition) is 1. The molecule has 0 saturated carbocycles. The second-order valence-corrected chi connectivity index (χ2v) is 7.57. The number of likely N-dealkylation sites (tertiary alicyclic amines) is 1. The van der Waals surface area contributed by atoms with Crippen molar-refractivity contribution in [1.29, 1.82) is 0 Å². The molecule has 0 spiro atoms. The van der Waals surface area contributed by atoms with Crippen molar-refractivity contribution in [2.24, 2.45) is 0 Å². The highest BCUT2D eigenvalue weighted by molar-refractivity contribution is 6.46. The van der Waals surface area contributed by atoms with Gasteiger partial charge < -0.3 is 14.7 Å². The van der Waals surface area contributed by atoms with Gasteiger partial charge in [0.2, 0.25) is 0 Å². The lowest BCUT2D eigenvalue weighted by Gasteiger charge is -2.25. The number of ether oxygens (including phenoxy) is 1. The Bertz CT molecular complexity index is 1140. The van der Waals surface area contributed by atoms with Crippen molar-refractivity contribution in [1.82, 2.24) is 9.88 Å². The molecule has 0 bridgehead atoms. The lowest BCUT2D eigenvalue weighted by atomic mass is 9.95. The van der Waals surface area contributed by atoms with Crippen LogP contribution in [0, 0.1) is 0 Å². The lowest BCUT2D eigenvalue weighted by molar-refractivity contribution is -0.140. The van der Waals surface area contributed by atoms with Crippen molar-refractivity contribution in [3.63, 3.8) is 0 Å². The minimum Gasteiger partial charge on any atom is -0.507 e. The second kappa shape index (κ2) is 9.47. The summed E-state index contributed by atoms with van der Waals surface area (Å²) >= 11 is 0. The summed E-state index contributed by atoms with van der Waals surface area (Å²) in [6.07, 6.45) is 4.15. The Morgan fingerprint density at radius 3 is 2.50 bits per heavy atom. The number of carbonyl (C=O) groups is 2. The molecule has 1 unspecified atom stereocenters. The van der Waals surface area contributed by atoms with E-state index in [1.165, 1.54) is 4.90 Å². The van der Waals surface area contributed by atoms with Crippen LogP contribution in [0.4, 0.5) is 0 Å². The molecular formula is C26H24N2O4. The monoisotopic (exact) mass is 428 g/mol. The minimum atomic E-state index is -0.742. The Kier molecular flexibility index (Phi) is 6.31. The number of pyridine rings is 1. The van der Waals surface area contributed by atoms with Gasteiger partial charge in [-0.3, -0.25) is 14.6 Å². The maximum atomic E-state index is 13.1. The normalized spacial score (nSPS) is 17.5. The Hall–Kier alpha value is -3.93. The largest absolute Gasteiger partial charge is 0.507 e. The number of aliphatic hydroxyl groups is 1. The van der Waals surface area contributed by atoms with Crippen molar-refractivity contribution >= 4 is 17.4 Å². The first-order valence-electron chi connectivity index (χ1n) is 10.6. The third-order valence-electron chi connectivity index (χ3n) is 5.34. The van der Waals surface area contributed by atoms with Crippen LogP contribution < -0.4 is 4.74 Å². The van der Waals surface area contributed by atoms with Crippen LogP contribution in [0.15, 0.2) is 84.7 Å². The number of carbonyl (C=O) groups excluding carboxylic acids is 2. The number of hydrogen-bond acceptors (Lipinski definition) is 5. The van der Waals surface area contributed by atoms with Gasteiger partial charge in [-0.2, -0.15) is 0 Å². The fourth-order valence-corrected chi connectivity index (χ4v) is 3.82. The van der Waals surface area contributed by atoms with E-state index in [9.17, 15) is 14.7 Å². The topological polar surface area (TPSA) is 79.7 Å². The molecule has 0 aliphatic carbocycles. The summed E-state index contributed by atoms with van der Waals surface area (Å²) in [7, 11) is 0. The standard InChI is InChI=1S/C26H24N2O4/c1-2-15-32-21-10-6-9-20(16-21)23-22(24(29)19-7-4-3-5-8-19)25(30)26(31)28(23)17-18-11-13-27-14-12-18/h3-14,16,23,29H,2,15,17H2,1H3. The zero-order chi connectivity index (χ0) is 22.5. The molecule has 1 atom stereocenters. The number of Topliss-reactive ketones (excluding diaryl/α,β-unsaturated/α-hetero) is 1. The predicted molar refractivity (Wildman–Crippen MR) is 121 cm³/mol. The number of rotatable bonds is 7. The van der Waals surface area contributed by atoms with Crippen molar-refractivity contribution in [3.8, 4) is 5.75 Å². The third kappa shape index (κ3) is 4.25. The quantitative estimate of drug-likeness (QED) is 0.341. The van der Waals surface area contributed by atoms with Gasteiger partial charge in [-0.25, -0.2) is 0 Å². The molecule has 1 aromatic heterocycles. The van der Waals surface area contributed by atoms with E-state index in [-0.39, 0.29) is 17.9 Å². The molecule has 3 aromatic rings. The molecule has 1 aliphatic heterocycles. The summed E-state index contributed by atoms with van der Waals surface area (Å²) in [5.74, 6) is -0.890. The lowest BCUT2D eigenvalue weighted by Crippen LogP contribution is -2.29. The average molecular weight is 428 g/mol. The molecule has 6 heteroatoms. The molecule has 2 aromatic carbocycles. The van der Waals surface area contributed by atoms with Gasteiger partial charge in [0.1, 0.15) is 11.5 Å². The molecule has 1 fully saturated rings. The van der Waals surface area contributed by atoms with Gasteiger partial charge in [-0.1, -0.05) is 49.4 Å². The summed E-state index contributed by atoms with van der Waals surface area (Å²) in [6, 6.07) is 19.0. The highest BCUT2D eigenvalue weighted by atomic mass is 16.5. The smallest absolute Gasteiger partial charge is 0.295 e. The molecule has 6 nitrogen and oxygen atoms in total. The molecule has 1 saturated heterocycles. The van der Waals surface area contributed by atoms with Gasteiger partial charge in [-0.05, 0) is 41.8 Å². The van der Waals surface area contributed by atoms with Crippen LogP contribution in [0.1, 0.15) is 36.1 Å². The van der Waals surface area contributed by atoms with Gasteiger partial charge in [0.15, 0.2) is 0 Å². The first-order chi connectivity index (χ1) is 15.6. The summed E-state index contributed by atoms with van der Waals surface area (Å²) < 4.78 is 5.77. The second-order valence-electron chi connectivity index (χ2n) is 7.57. The van der Waals surface area contributed by atoms with Crippen LogP contribution in [0.3, 0.4) is 0 Å². The van der Waals surface area contributed by atoms with Crippen LogP contribution in [0.2, 0.25) is 0 Å². The molecule has 32 heavy (non-hydrogen) atoms. The van der Waals surface area contributed by atoms with E-state index in [1.54, 1.807) is 48.8 Å². The van der Waals surface area contributed by atoms with Crippen LogP contribution in [-0.2, 0) is 16.1 Å². The molecule has 1 amide bonds. The maximum absolute atomic E-state index is 13.1. The highest BCUT2D eigenvalue weighted by Crippen LogP contribution is 2.41. The van der Waals surface area contributed by atoms with E-state index in [1.807, 2.05) is 37.3 Å². The predicted octanol–water partition coefficient (Wildman–Crippen LogP) is 4.49. The van der Waals surface area contributed by atoms with E-state index in [0.29, 0.717) is 23.5 Å². The Balaban J connectivity index is 1.83. The van der Waals surface area contributed by atoms with Crippen LogP contribution >= 0.6 is 0 Å². The molecule has 162 valence electrons. The number of nitrogens with zero attached hydrogens (tertiary/aromatic N) is 2. The number of amides is 1. The molecular weight excluding hydrogens is 404 g/mol.